The molecule has 0 aliphatic rings. The maximum absolute atomic E-state index is 5.87. The summed E-state index contributed by atoms with van der Waals surface area (Å²) in [6.45, 7) is 2.69. The van der Waals surface area contributed by atoms with E-state index in [4.69, 9.17) is 10.5 Å². The second kappa shape index (κ2) is 9.24. The molecule has 0 saturated heterocycles. The fraction of sp³-hybridized carbons (Fsp3) is 0.250. The molecule has 2 rings (SSSR count). The first kappa shape index (κ1) is 18.2. The Morgan fingerprint density at radius 1 is 1.27 bits per heavy atom. The molecular weight excluding hydrogens is 391 g/mol. The van der Waals surface area contributed by atoms with Crippen molar-refractivity contribution < 1.29 is 4.74 Å². The van der Waals surface area contributed by atoms with Gasteiger partial charge in [0.1, 0.15) is 5.75 Å². The Kier molecular flexibility index (Phi) is 7.65. The van der Waals surface area contributed by atoms with Crippen LogP contribution in [0.15, 0.2) is 47.7 Å². The smallest absolute Gasteiger partial charge is 0.193 e. The highest BCUT2D eigenvalue weighted by Crippen LogP contribution is 2.14. The fourth-order valence-electron chi connectivity index (χ4n) is 1.94. The average molecular weight is 412 g/mol. The molecule has 0 bridgehead atoms. The predicted octanol–water partition coefficient (Wildman–Crippen LogP) is 2.99. The summed E-state index contributed by atoms with van der Waals surface area (Å²) in [6, 6.07) is 9.55. The first-order chi connectivity index (χ1) is 10.2. The van der Waals surface area contributed by atoms with Crippen molar-refractivity contribution in [1.29, 1.82) is 0 Å². The monoisotopic (exact) mass is 412 g/mol. The summed E-state index contributed by atoms with van der Waals surface area (Å²) in [4.78, 5) is 8.41. The number of rotatable bonds is 5. The Bertz CT molecular complexity index is 614. The Hall–Kier alpha value is -1.83. The number of guanidine groups is 1. The third-order valence-corrected chi connectivity index (χ3v) is 3.16. The van der Waals surface area contributed by atoms with Crippen molar-refractivity contribution >= 4 is 35.6 Å². The normalized spacial score (nSPS) is 10.7. The van der Waals surface area contributed by atoms with E-state index >= 15 is 0 Å². The van der Waals surface area contributed by atoms with Gasteiger partial charge in [0.15, 0.2) is 5.96 Å². The van der Waals surface area contributed by atoms with Crippen molar-refractivity contribution in [2.75, 3.05) is 19.0 Å². The molecule has 22 heavy (non-hydrogen) atoms. The van der Waals surface area contributed by atoms with Crippen molar-refractivity contribution in [3.63, 3.8) is 0 Å². The van der Waals surface area contributed by atoms with Crippen molar-refractivity contribution in [1.82, 2.24) is 4.98 Å². The minimum atomic E-state index is 0. The molecule has 0 aliphatic heterocycles. The maximum atomic E-state index is 5.87. The largest absolute Gasteiger partial charge is 0.497 e. The molecule has 0 atom stereocenters. The number of hydrogen-bond donors (Lipinski definition) is 2. The van der Waals surface area contributed by atoms with Crippen LogP contribution in [-0.2, 0) is 6.42 Å². The van der Waals surface area contributed by atoms with Crippen LogP contribution < -0.4 is 15.8 Å². The highest BCUT2D eigenvalue weighted by atomic mass is 127. The predicted molar refractivity (Wildman–Crippen MR) is 101 cm³/mol. The van der Waals surface area contributed by atoms with Crippen LogP contribution in [0, 0.1) is 6.92 Å². The number of nitrogens with two attached hydrogens (primary N) is 1. The third kappa shape index (κ3) is 5.51. The van der Waals surface area contributed by atoms with E-state index in [0.29, 0.717) is 12.5 Å². The van der Waals surface area contributed by atoms with E-state index in [1.54, 1.807) is 13.3 Å². The molecule has 3 N–H and O–H groups in total. The molecule has 0 unspecified atom stereocenters. The number of methoxy groups -OCH3 is 1. The molecule has 0 radical (unpaired) electrons. The number of halogens is 1. The molecule has 5 nitrogen and oxygen atoms in total. The summed E-state index contributed by atoms with van der Waals surface area (Å²) in [5.74, 6) is 1.22. The number of nitrogens with zero attached hydrogens (tertiary/aromatic N) is 2. The Balaban J connectivity index is 0.00000242. The zero-order valence-electron chi connectivity index (χ0n) is 12.7. The van der Waals surface area contributed by atoms with Gasteiger partial charge in [-0.2, -0.15) is 0 Å². The molecule has 1 aromatic heterocycles. The summed E-state index contributed by atoms with van der Waals surface area (Å²) < 4.78 is 5.10. The van der Waals surface area contributed by atoms with E-state index in [9.17, 15) is 0 Å². The van der Waals surface area contributed by atoms with Gasteiger partial charge < -0.3 is 15.8 Å². The molecule has 2 aromatic rings. The van der Waals surface area contributed by atoms with Gasteiger partial charge in [-0.15, -0.1) is 24.0 Å². The Morgan fingerprint density at radius 2 is 2.00 bits per heavy atom. The molecule has 0 aliphatic carbocycles. The number of benzene rings is 1. The number of anilines is 1. The second-order valence-electron chi connectivity index (χ2n) is 4.67. The molecular formula is C16H21IN4O. The average Bonchev–Trinajstić information content (AvgIpc) is 2.50. The standard InChI is InChI=1S/C16H20N4O.HI/c1-12-11-18-9-7-13(12)8-10-19-16(17)20-14-3-5-15(21-2)6-4-14;/h3-7,9,11H,8,10H2,1-2H3,(H3,17,19,20);1H. The van der Waals surface area contributed by atoms with Crippen molar-refractivity contribution in [3.8, 4) is 5.75 Å². The number of aliphatic imine (C=N–C) groups is 1. The van der Waals surface area contributed by atoms with Gasteiger partial charge in [0.25, 0.3) is 0 Å². The van der Waals surface area contributed by atoms with Crippen molar-refractivity contribution in [3.05, 3.63) is 53.9 Å². The molecule has 0 fully saturated rings. The first-order valence-electron chi connectivity index (χ1n) is 6.79. The van der Waals surface area contributed by atoms with Crippen molar-refractivity contribution in [2.24, 2.45) is 10.7 Å². The van der Waals surface area contributed by atoms with E-state index in [0.717, 1.165) is 17.9 Å². The SMILES string of the molecule is COc1ccc(NC(N)=NCCc2ccncc2C)cc1.I. The van der Waals surface area contributed by atoms with Crippen molar-refractivity contribution in [2.45, 2.75) is 13.3 Å². The van der Waals surface area contributed by atoms with E-state index < -0.39 is 0 Å². The van der Waals surface area contributed by atoms with Gasteiger partial charge in [-0.1, -0.05) is 0 Å². The Labute approximate surface area is 148 Å². The minimum Gasteiger partial charge on any atom is -0.497 e. The topological polar surface area (TPSA) is 72.5 Å². The summed E-state index contributed by atoms with van der Waals surface area (Å²) in [6.07, 6.45) is 4.50. The number of pyridine rings is 1. The lowest BCUT2D eigenvalue weighted by Crippen LogP contribution is -2.23. The highest BCUT2D eigenvalue weighted by Gasteiger charge is 1.98. The first-order valence-corrected chi connectivity index (χ1v) is 6.79. The van der Waals surface area contributed by atoms with Crippen LogP contribution in [-0.4, -0.2) is 24.6 Å². The van der Waals surface area contributed by atoms with Crippen LogP contribution in [0.5, 0.6) is 5.75 Å². The fourth-order valence-corrected chi connectivity index (χ4v) is 1.94. The summed E-state index contributed by atoms with van der Waals surface area (Å²) in [7, 11) is 1.64. The molecule has 1 aromatic carbocycles. The van der Waals surface area contributed by atoms with Gasteiger partial charge in [0, 0.05) is 24.6 Å². The van der Waals surface area contributed by atoms with E-state index in [1.807, 2.05) is 43.5 Å². The number of aryl methyl sites for hydroxylation is 1. The van der Waals surface area contributed by atoms with Crippen LogP contribution in [0.2, 0.25) is 0 Å². The van der Waals surface area contributed by atoms with E-state index in [1.165, 1.54) is 11.1 Å². The van der Waals surface area contributed by atoms with Crippen LogP contribution in [0.3, 0.4) is 0 Å². The number of hydrogen-bond acceptors (Lipinski definition) is 3. The lowest BCUT2D eigenvalue weighted by atomic mass is 10.1. The number of aromatic nitrogens is 1. The van der Waals surface area contributed by atoms with Gasteiger partial charge in [-0.3, -0.25) is 9.98 Å². The maximum Gasteiger partial charge on any atom is 0.193 e. The zero-order chi connectivity index (χ0) is 15.1. The summed E-state index contributed by atoms with van der Waals surface area (Å²) in [5.41, 5.74) is 9.18. The van der Waals surface area contributed by atoms with E-state index in [2.05, 4.69) is 15.3 Å². The Morgan fingerprint density at radius 3 is 2.64 bits per heavy atom. The molecule has 118 valence electrons. The second-order valence-corrected chi connectivity index (χ2v) is 4.67. The molecule has 6 heteroatoms. The summed E-state index contributed by atoms with van der Waals surface area (Å²) in [5, 5.41) is 3.05. The van der Waals surface area contributed by atoms with Gasteiger partial charge in [0.2, 0.25) is 0 Å². The number of ether oxygens (including phenoxy) is 1. The van der Waals surface area contributed by atoms with Crippen LogP contribution in [0.1, 0.15) is 11.1 Å². The minimum absolute atomic E-state index is 0. The third-order valence-electron chi connectivity index (χ3n) is 3.16. The lowest BCUT2D eigenvalue weighted by Gasteiger charge is -2.07. The molecule has 0 amide bonds. The molecule has 1 heterocycles. The molecule has 0 saturated carbocycles. The van der Waals surface area contributed by atoms with Crippen LogP contribution in [0.4, 0.5) is 5.69 Å². The summed E-state index contributed by atoms with van der Waals surface area (Å²) >= 11 is 0. The van der Waals surface area contributed by atoms with Gasteiger partial charge in [-0.05, 0) is 54.8 Å². The van der Waals surface area contributed by atoms with Gasteiger partial charge in [0.05, 0.1) is 7.11 Å². The van der Waals surface area contributed by atoms with Crippen LogP contribution in [0.25, 0.3) is 0 Å². The van der Waals surface area contributed by atoms with Crippen LogP contribution >= 0.6 is 24.0 Å². The van der Waals surface area contributed by atoms with E-state index in [-0.39, 0.29) is 24.0 Å². The highest BCUT2D eigenvalue weighted by molar-refractivity contribution is 14.0. The quantitative estimate of drug-likeness (QED) is 0.450. The van der Waals surface area contributed by atoms with Gasteiger partial charge in [-0.25, -0.2) is 0 Å². The zero-order valence-corrected chi connectivity index (χ0v) is 15.1. The molecule has 0 spiro atoms. The lowest BCUT2D eigenvalue weighted by molar-refractivity contribution is 0.415. The van der Waals surface area contributed by atoms with Gasteiger partial charge >= 0.3 is 0 Å². The number of nitrogens with one attached hydrogen (secondary N) is 1.